The summed E-state index contributed by atoms with van der Waals surface area (Å²) in [5, 5.41) is 20.1. The van der Waals surface area contributed by atoms with Crippen LogP contribution in [0.25, 0.3) is 0 Å². The number of hydrogen-bond acceptors (Lipinski definition) is 4. The Hall–Kier alpha value is -2.34. The molecule has 1 fully saturated rings. The Kier molecular flexibility index (Phi) is 10.0. The topological polar surface area (TPSA) is 73.6 Å². The number of halogens is 1. The number of phenols is 1. The lowest BCUT2D eigenvalue weighted by atomic mass is 9.78. The zero-order chi connectivity index (χ0) is 26.8. The molecular formula is C31H45BrN2O3. The van der Waals surface area contributed by atoms with E-state index in [1.54, 1.807) is 0 Å². The van der Waals surface area contributed by atoms with Gasteiger partial charge in [0.05, 0.1) is 13.2 Å². The van der Waals surface area contributed by atoms with Crippen LogP contribution in [0.15, 0.2) is 36.4 Å². The van der Waals surface area contributed by atoms with E-state index in [2.05, 4.69) is 54.5 Å². The highest BCUT2D eigenvalue weighted by Crippen LogP contribution is 2.41. The predicted molar refractivity (Wildman–Crippen MR) is 158 cm³/mol. The maximum Gasteiger partial charge on any atom is 0.182 e. The summed E-state index contributed by atoms with van der Waals surface area (Å²) in [5.41, 5.74) is 2.64. The number of ether oxygens (including phenoxy) is 1. The summed E-state index contributed by atoms with van der Waals surface area (Å²) in [5.74, 6) is 1.81. The van der Waals surface area contributed by atoms with Gasteiger partial charge in [0.25, 0.3) is 0 Å². The third-order valence-electron chi connectivity index (χ3n) is 7.13. The van der Waals surface area contributed by atoms with Gasteiger partial charge in [-0.3, -0.25) is 10.2 Å². The number of benzene rings is 2. The average molecular weight is 574 g/mol. The molecule has 3 rings (SSSR count). The second-order valence-corrected chi connectivity index (χ2v) is 12.1. The van der Waals surface area contributed by atoms with E-state index in [1.807, 2.05) is 42.2 Å². The Balaban J connectivity index is 0.00000481. The maximum atomic E-state index is 13.6. The van der Waals surface area contributed by atoms with Crippen molar-refractivity contribution < 1.29 is 14.6 Å². The molecule has 6 heteroatoms. The maximum absolute atomic E-state index is 13.6. The number of nitrogens with one attached hydrogen (secondary N) is 1. The number of amidine groups is 1. The molecule has 0 aromatic heterocycles. The van der Waals surface area contributed by atoms with E-state index in [1.165, 1.54) is 0 Å². The normalized spacial score (nSPS) is 18.1. The summed E-state index contributed by atoms with van der Waals surface area (Å²) in [4.78, 5) is 15.6. The molecule has 0 bridgehead atoms. The molecule has 0 amide bonds. The molecule has 0 radical (unpaired) electrons. The molecule has 0 spiro atoms. The van der Waals surface area contributed by atoms with Crippen LogP contribution >= 0.6 is 17.0 Å². The molecule has 2 atom stereocenters. The van der Waals surface area contributed by atoms with Crippen LogP contribution in [-0.4, -0.2) is 41.3 Å². The number of nitrogens with zero attached hydrogens (tertiary/aromatic N) is 1. The quantitative estimate of drug-likeness (QED) is 0.319. The number of rotatable bonds is 8. The highest BCUT2D eigenvalue weighted by atomic mass is 79.9. The van der Waals surface area contributed by atoms with E-state index in [-0.39, 0.29) is 57.7 Å². The van der Waals surface area contributed by atoms with Gasteiger partial charge in [-0.15, -0.1) is 17.0 Å². The van der Waals surface area contributed by atoms with Gasteiger partial charge in [-0.25, -0.2) is 0 Å². The second-order valence-electron chi connectivity index (χ2n) is 12.1. The van der Waals surface area contributed by atoms with Gasteiger partial charge in [-0.05, 0) is 59.9 Å². The summed E-state index contributed by atoms with van der Waals surface area (Å²) in [6.07, 6.45) is 2.03. The predicted octanol–water partition coefficient (Wildman–Crippen LogP) is 7.64. The minimum Gasteiger partial charge on any atom is -0.507 e. The first-order valence-corrected chi connectivity index (χ1v) is 13.2. The lowest BCUT2D eigenvalue weighted by Crippen LogP contribution is -2.32. The molecule has 2 aromatic rings. The standard InChI is InChI=1S/C31H44N2O3.BrH/c1-9-12-21-18-33(29(32)27(21)20-13-11-14-23(15-20)36-10-2)19-26(34)22-16-24(30(3,4)5)28(35)25(17-22)31(6,7)8;/h11,13-17,21,27,32,35H,9-10,12,18-19H2,1-8H3;1H/t21-,27+;/m0./s1. The Morgan fingerprint density at radius 3 is 2.16 bits per heavy atom. The van der Waals surface area contributed by atoms with Crippen molar-refractivity contribution in [2.75, 3.05) is 19.7 Å². The van der Waals surface area contributed by atoms with Gasteiger partial charge >= 0.3 is 0 Å². The molecule has 0 saturated carbocycles. The van der Waals surface area contributed by atoms with Gasteiger partial charge < -0.3 is 14.7 Å². The zero-order valence-corrected chi connectivity index (χ0v) is 25.5. The highest BCUT2D eigenvalue weighted by Gasteiger charge is 2.39. The molecule has 2 N–H and O–H groups in total. The largest absolute Gasteiger partial charge is 0.507 e. The first-order chi connectivity index (χ1) is 16.8. The lowest BCUT2D eigenvalue weighted by Gasteiger charge is -2.28. The first kappa shape index (κ1) is 30.9. The van der Waals surface area contributed by atoms with E-state index >= 15 is 0 Å². The van der Waals surface area contributed by atoms with Crippen LogP contribution in [0.3, 0.4) is 0 Å². The van der Waals surface area contributed by atoms with Crippen molar-refractivity contribution in [2.45, 2.75) is 85.0 Å². The van der Waals surface area contributed by atoms with Gasteiger partial charge in [-0.2, -0.15) is 0 Å². The van der Waals surface area contributed by atoms with Gasteiger partial charge in [0.1, 0.15) is 17.3 Å². The number of carbonyl (C=O) groups excluding carboxylic acids is 1. The van der Waals surface area contributed by atoms with Crippen molar-refractivity contribution in [1.29, 1.82) is 5.41 Å². The lowest BCUT2D eigenvalue weighted by molar-refractivity contribution is 0.0963. The van der Waals surface area contributed by atoms with Crippen molar-refractivity contribution in [3.8, 4) is 11.5 Å². The summed E-state index contributed by atoms with van der Waals surface area (Å²) < 4.78 is 5.71. The van der Waals surface area contributed by atoms with Crippen LogP contribution in [-0.2, 0) is 10.8 Å². The van der Waals surface area contributed by atoms with Crippen molar-refractivity contribution in [1.82, 2.24) is 4.90 Å². The molecule has 2 aromatic carbocycles. The Bertz CT molecular complexity index is 1080. The summed E-state index contributed by atoms with van der Waals surface area (Å²) in [6.45, 7) is 17.9. The Morgan fingerprint density at radius 2 is 1.65 bits per heavy atom. The number of carbonyl (C=O) groups is 1. The van der Waals surface area contributed by atoms with Gasteiger partial charge in [0.15, 0.2) is 5.78 Å². The van der Waals surface area contributed by atoms with Crippen molar-refractivity contribution in [3.05, 3.63) is 58.7 Å². The smallest absolute Gasteiger partial charge is 0.182 e. The number of ketones is 1. The summed E-state index contributed by atoms with van der Waals surface area (Å²) in [6, 6.07) is 11.7. The zero-order valence-electron chi connectivity index (χ0n) is 23.8. The number of Topliss-reactive ketones (excluding diaryl/α,β-unsaturated/α-hetero) is 1. The molecule has 1 saturated heterocycles. The number of hydrogen-bond donors (Lipinski definition) is 2. The van der Waals surface area contributed by atoms with Crippen LogP contribution in [0.5, 0.6) is 11.5 Å². The SMILES string of the molecule is Br.CCC[C@H]1CN(CC(=O)c2cc(C(C)(C)C)c(O)c(C(C)(C)C)c2)C(=N)[C@@H]1c1cccc(OCC)c1. The molecule has 0 aliphatic carbocycles. The molecule has 1 aliphatic rings. The number of aromatic hydroxyl groups is 1. The Labute approximate surface area is 233 Å². The van der Waals surface area contributed by atoms with E-state index in [9.17, 15) is 9.90 Å². The monoisotopic (exact) mass is 572 g/mol. The molecule has 0 unspecified atom stereocenters. The van der Waals surface area contributed by atoms with Gasteiger partial charge in [0, 0.05) is 29.2 Å². The fourth-order valence-electron chi connectivity index (χ4n) is 5.28. The van der Waals surface area contributed by atoms with Crippen molar-refractivity contribution in [2.24, 2.45) is 5.92 Å². The molecular weight excluding hydrogens is 528 g/mol. The van der Waals surface area contributed by atoms with E-state index in [0.29, 0.717) is 24.6 Å². The van der Waals surface area contributed by atoms with Gasteiger partial charge in [-0.1, -0.05) is 67.0 Å². The minimum atomic E-state index is -0.302. The fraction of sp³-hybridized carbons (Fsp3) is 0.548. The molecule has 204 valence electrons. The second kappa shape index (κ2) is 12.0. The first-order valence-electron chi connectivity index (χ1n) is 13.2. The van der Waals surface area contributed by atoms with E-state index < -0.39 is 0 Å². The average Bonchev–Trinajstić information content (AvgIpc) is 3.07. The van der Waals surface area contributed by atoms with Crippen LogP contribution in [0.2, 0.25) is 0 Å². The van der Waals surface area contributed by atoms with Crippen molar-refractivity contribution >= 4 is 28.6 Å². The third-order valence-corrected chi connectivity index (χ3v) is 7.13. The van der Waals surface area contributed by atoms with E-state index in [0.717, 1.165) is 35.3 Å². The van der Waals surface area contributed by atoms with Gasteiger partial charge in [0.2, 0.25) is 0 Å². The van der Waals surface area contributed by atoms with Crippen LogP contribution in [0.4, 0.5) is 0 Å². The third kappa shape index (κ3) is 6.95. The van der Waals surface area contributed by atoms with Crippen molar-refractivity contribution in [3.63, 3.8) is 0 Å². The van der Waals surface area contributed by atoms with Crippen LogP contribution in [0, 0.1) is 11.3 Å². The summed E-state index contributed by atoms with van der Waals surface area (Å²) in [7, 11) is 0. The highest BCUT2D eigenvalue weighted by molar-refractivity contribution is 8.93. The number of likely N-dealkylation sites (tertiary alicyclic amines) is 1. The van der Waals surface area contributed by atoms with E-state index in [4.69, 9.17) is 10.1 Å². The molecule has 37 heavy (non-hydrogen) atoms. The molecule has 5 nitrogen and oxygen atoms in total. The number of phenolic OH excluding ortho intramolecular Hbond substituents is 1. The molecule has 1 heterocycles. The molecule has 1 aliphatic heterocycles. The van der Waals surface area contributed by atoms with Crippen LogP contribution < -0.4 is 4.74 Å². The summed E-state index contributed by atoms with van der Waals surface area (Å²) >= 11 is 0. The van der Waals surface area contributed by atoms with Crippen LogP contribution in [0.1, 0.15) is 101 Å². The fourth-order valence-corrected chi connectivity index (χ4v) is 5.28. The Morgan fingerprint density at radius 1 is 1.05 bits per heavy atom. The minimum absolute atomic E-state index is 0.